The molecule has 1 heterocycles. The molecule has 1 aromatic rings. The molecule has 1 aromatic heterocycles. The molecular formula is C11H18BrNS. The van der Waals surface area contributed by atoms with Crippen LogP contribution >= 0.6 is 27.3 Å². The summed E-state index contributed by atoms with van der Waals surface area (Å²) in [7, 11) is 2.19. The summed E-state index contributed by atoms with van der Waals surface area (Å²) in [5, 5.41) is 2.13. The fourth-order valence-electron chi connectivity index (χ4n) is 1.24. The molecule has 0 atom stereocenters. The van der Waals surface area contributed by atoms with Crippen LogP contribution in [0.15, 0.2) is 15.9 Å². The second-order valence-corrected chi connectivity index (χ2v) is 5.97. The second kappa shape index (κ2) is 5.89. The molecule has 0 bridgehead atoms. The molecule has 0 spiro atoms. The monoisotopic (exact) mass is 275 g/mol. The van der Waals surface area contributed by atoms with Crippen LogP contribution in [0, 0.1) is 5.92 Å². The standard InChI is InChI=1S/C11H18BrNS/c1-9(2)4-6-13(3)8-11-10(12)5-7-14-11/h5,7,9H,4,6,8H2,1-3H3. The van der Waals surface area contributed by atoms with Crippen LogP contribution in [0.3, 0.4) is 0 Å². The van der Waals surface area contributed by atoms with Crippen molar-refractivity contribution in [3.63, 3.8) is 0 Å². The van der Waals surface area contributed by atoms with E-state index in [2.05, 4.69) is 53.2 Å². The third kappa shape index (κ3) is 4.11. The van der Waals surface area contributed by atoms with E-state index >= 15 is 0 Å². The normalized spacial score (nSPS) is 11.6. The Bertz CT molecular complexity index is 270. The summed E-state index contributed by atoms with van der Waals surface area (Å²) >= 11 is 5.38. The molecule has 1 rings (SSSR count). The van der Waals surface area contributed by atoms with E-state index in [1.54, 1.807) is 0 Å². The zero-order valence-corrected chi connectivity index (χ0v) is 11.5. The van der Waals surface area contributed by atoms with Gasteiger partial charge in [-0.05, 0) is 53.3 Å². The van der Waals surface area contributed by atoms with Crippen LogP contribution in [0.25, 0.3) is 0 Å². The summed E-state index contributed by atoms with van der Waals surface area (Å²) in [6, 6.07) is 2.12. The highest BCUT2D eigenvalue weighted by atomic mass is 79.9. The predicted octanol–water partition coefficient (Wildman–Crippen LogP) is 3.99. The first-order valence-corrected chi connectivity index (χ1v) is 6.67. The van der Waals surface area contributed by atoms with Gasteiger partial charge in [0.1, 0.15) is 0 Å². The number of hydrogen-bond donors (Lipinski definition) is 0. The van der Waals surface area contributed by atoms with E-state index < -0.39 is 0 Å². The van der Waals surface area contributed by atoms with Crippen molar-refractivity contribution in [3.8, 4) is 0 Å². The molecule has 0 aliphatic heterocycles. The zero-order chi connectivity index (χ0) is 10.6. The predicted molar refractivity (Wildman–Crippen MR) is 67.8 cm³/mol. The number of rotatable bonds is 5. The molecule has 0 saturated carbocycles. The van der Waals surface area contributed by atoms with Crippen molar-refractivity contribution in [3.05, 3.63) is 20.8 Å². The number of thiophene rings is 1. The largest absolute Gasteiger partial charge is 0.301 e. The zero-order valence-electron chi connectivity index (χ0n) is 9.09. The average Bonchev–Trinajstić information content (AvgIpc) is 2.49. The van der Waals surface area contributed by atoms with Crippen molar-refractivity contribution < 1.29 is 0 Å². The van der Waals surface area contributed by atoms with E-state index in [9.17, 15) is 0 Å². The lowest BCUT2D eigenvalue weighted by atomic mass is 10.1. The first-order chi connectivity index (χ1) is 6.59. The Labute approximate surface area is 99.3 Å². The van der Waals surface area contributed by atoms with Crippen LogP contribution in [-0.4, -0.2) is 18.5 Å². The highest BCUT2D eigenvalue weighted by Gasteiger charge is 2.05. The van der Waals surface area contributed by atoms with E-state index in [4.69, 9.17) is 0 Å². The van der Waals surface area contributed by atoms with E-state index in [1.165, 1.54) is 22.3 Å². The highest BCUT2D eigenvalue weighted by Crippen LogP contribution is 2.23. The van der Waals surface area contributed by atoms with Crippen LogP contribution in [0.2, 0.25) is 0 Å². The van der Waals surface area contributed by atoms with Gasteiger partial charge in [0, 0.05) is 15.9 Å². The van der Waals surface area contributed by atoms with E-state index in [1.807, 2.05) is 11.3 Å². The summed E-state index contributed by atoms with van der Waals surface area (Å²) in [6.45, 7) is 6.79. The Morgan fingerprint density at radius 2 is 2.21 bits per heavy atom. The quantitative estimate of drug-likeness (QED) is 0.786. The van der Waals surface area contributed by atoms with Gasteiger partial charge >= 0.3 is 0 Å². The Morgan fingerprint density at radius 1 is 1.50 bits per heavy atom. The molecule has 0 aromatic carbocycles. The third-order valence-electron chi connectivity index (χ3n) is 2.19. The maximum atomic E-state index is 3.56. The maximum Gasteiger partial charge on any atom is 0.0336 e. The van der Waals surface area contributed by atoms with Crippen LogP contribution < -0.4 is 0 Å². The molecule has 14 heavy (non-hydrogen) atoms. The Morgan fingerprint density at radius 3 is 2.71 bits per heavy atom. The summed E-state index contributed by atoms with van der Waals surface area (Å²) in [4.78, 5) is 3.81. The second-order valence-electron chi connectivity index (χ2n) is 4.11. The molecule has 0 aliphatic carbocycles. The first kappa shape index (κ1) is 12.2. The van der Waals surface area contributed by atoms with E-state index in [0.717, 1.165) is 12.5 Å². The van der Waals surface area contributed by atoms with Crippen molar-refractivity contribution in [1.29, 1.82) is 0 Å². The smallest absolute Gasteiger partial charge is 0.0336 e. The van der Waals surface area contributed by atoms with Gasteiger partial charge in [-0.1, -0.05) is 13.8 Å². The fraction of sp³-hybridized carbons (Fsp3) is 0.636. The summed E-state index contributed by atoms with van der Waals surface area (Å²) < 4.78 is 1.25. The van der Waals surface area contributed by atoms with Gasteiger partial charge < -0.3 is 4.90 Å². The summed E-state index contributed by atoms with van der Waals surface area (Å²) in [6.07, 6.45) is 1.28. The Hall–Kier alpha value is 0.140. The SMILES string of the molecule is CC(C)CCN(C)Cc1sccc1Br. The van der Waals surface area contributed by atoms with Gasteiger partial charge in [-0.2, -0.15) is 0 Å². The molecule has 0 amide bonds. The lowest BCUT2D eigenvalue weighted by molar-refractivity contribution is 0.305. The van der Waals surface area contributed by atoms with Crippen molar-refractivity contribution in [1.82, 2.24) is 4.90 Å². The number of halogens is 1. The number of hydrogen-bond acceptors (Lipinski definition) is 2. The summed E-state index contributed by atoms with van der Waals surface area (Å²) in [5.41, 5.74) is 0. The summed E-state index contributed by atoms with van der Waals surface area (Å²) in [5.74, 6) is 0.796. The minimum absolute atomic E-state index is 0.796. The molecule has 0 radical (unpaired) electrons. The lowest BCUT2D eigenvalue weighted by Gasteiger charge is -2.17. The lowest BCUT2D eigenvalue weighted by Crippen LogP contribution is -2.19. The van der Waals surface area contributed by atoms with Crippen LogP contribution in [0.1, 0.15) is 25.1 Å². The van der Waals surface area contributed by atoms with Gasteiger partial charge in [0.25, 0.3) is 0 Å². The highest BCUT2D eigenvalue weighted by molar-refractivity contribution is 9.10. The van der Waals surface area contributed by atoms with Gasteiger partial charge in [0.15, 0.2) is 0 Å². The molecule has 0 aliphatic rings. The third-order valence-corrected chi connectivity index (χ3v) is 4.10. The Kier molecular flexibility index (Phi) is 5.13. The van der Waals surface area contributed by atoms with Gasteiger partial charge in [-0.3, -0.25) is 0 Å². The van der Waals surface area contributed by atoms with Crippen LogP contribution in [0.5, 0.6) is 0 Å². The minimum atomic E-state index is 0.796. The van der Waals surface area contributed by atoms with Gasteiger partial charge in [-0.15, -0.1) is 11.3 Å². The molecule has 0 N–H and O–H groups in total. The maximum absolute atomic E-state index is 3.56. The van der Waals surface area contributed by atoms with Crippen molar-refractivity contribution >= 4 is 27.3 Å². The van der Waals surface area contributed by atoms with Crippen molar-refractivity contribution in [2.45, 2.75) is 26.8 Å². The van der Waals surface area contributed by atoms with E-state index in [-0.39, 0.29) is 0 Å². The van der Waals surface area contributed by atoms with Gasteiger partial charge in [0.05, 0.1) is 0 Å². The van der Waals surface area contributed by atoms with Crippen molar-refractivity contribution in [2.24, 2.45) is 5.92 Å². The molecule has 3 heteroatoms. The molecule has 0 unspecified atom stereocenters. The van der Waals surface area contributed by atoms with E-state index in [0.29, 0.717) is 0 Å². The van der Waals surface area contributed by atoms with Gasteiger partial charge in [-0.25, -0.2) is 0 Å². The molecular weight excluding hydrogens is 258 g/mol. The topological polar surface area (TPSA) is 3.24 Å². The molecule has 80 valence electrons. The van der Waals surface area contributed by atoms with Crippen molar-refractivity contribution in [2.75, 3.05) is 13.6 Å². The molecule has 1 nitrogen and oxygen atoms in total. The fourth-order valence-corrected chi connectivity index (χ4v) is 2.80. The molecule has 0 saturated heterocycles. The number of nitrogens with zero attached hydrogens (tertiary/aromatic N) is 1. The minimum Gasteiger partial charge on any atom is -0.301 e. The average molecular weight is 276 g/mol. The first-order valence-electron chi connectivity index (χ1n) is 5.00. The Balaban J connectivity index is 2.34. The van der Waals surface area contributed by atoms with Gasteiger partial charge in [0.2, 0.25) is 0 Å². The molecule has 0 fully saturated rings. The van der Waals surface area contributed by atoms with Crippen LogP contribution in [-0.2, 0) is 6.54 Å². The van der Waals surface area contributed by atoms with Crippen LogP contribution in [0.4, 0.5) is 0 Å².